The van der Waals surface area contributed by atoms with Crippen LogP contribution in [0, 0.1) is 0 Å². The summed E-state index contributed by atoms with van der Waals surface area (Å²) in [4.78, 5) is 2.35. The first-order chi connectivity index (χ1) is 9.85. The summed E-state index contributed by atoms with van der Waals surface area (Å²) in [6, 6.07) is 12.2. The van der Waals surface area contributed by atoms with E-state index >= 15 is 0 Å². The van der Waals surface area contributed by atoms with Gasteiger partial charge >= 0.3 is 0 Å². The van der Waals surface area contributed by atoms with Crippen LogP contribution in [0.4, 0.5) is 0 Å². The van der Waals surface area contributed by atoms with Crippen LogP contribution in [0.15, 0.2) is 42.6 Å². The topological polar surface area (TPSA) is 56.3 Å². The summed E-state index contributed by atoms with van der Waals surface area (Å²) in [7, 11) is 0. The molecule has 0 aliphatic carbocycles. The number of morpholine rings is 1. The molecule has 6 heteroatoms. The van der Waals surface area contributed by atoms with Gasteiger partial charge in [-0.2, -0.15) is 5.10 Å². The Morgan fingerprint density at radius 3 is 2.81 bits per heavy atom. The summed E-state index contributed by atoms with van der Waals surface area (Å²) in [6.45, 7) is 4.00. The number of rotatable bonds is 4. The lowest BCUT2D eigenvalue weighted by molar-refractivity contribution is -0.0264. The third-order valence-corrected chi connectivity index (χ3v) is 3.54. The molecule has 1 atom stereocenters. The van der Waals surface area contributed by atoms with E-state index in [1.807, 2.05) is 29.1 Å². The Balaban J connectivity index is 0.00000161. The van der Waals surface area contributed by atoms with Crippen LogP contribution < -0.4 is 5.73 Å². The van der Waals surface area contributed by atoms with E-state index in [9.17, 15) is 0 Å². The fourth-order valence-electron chi connectivity index (χ4n) is 2.47. The van der Waals surface area contributed by atoms with Crippen molar-refractivity contribution in [1.29, 1.82) is 0 Å². The number of nitrogens with two attached hydrogens (primary N) is 1. The average molecular weight is 309 g/mol. The number of nitrogens with zero attached hydrogens (tertiary/aromatic N) is 3. The molecule has 1 saturated heterocycles. The van der Waals surface area contributed by atoms with Crippen molar-refractivity contribution in [2.24, 2.45) is 5.73 Å². The number of hydrogen-bond donors (Lipinski definition) is 1. The van der Waals surface area contributed by atoms with E-state index in [2.05, 4.69) is 28.2 Å². The minimum Gasteiger partial charge on any atom is -0.374 e. The number of ether oxygens (including phenoxy) is 1. The molecule has 0 saturated carbocycles. The number of hydrogen-bond acceptors (Lipinski definition) is 4. The van der Waals surface area contributed by atoms with Crippen molar-refractivity contribution in [3.05, 3.63) is 48.3 Å². The monoisotopic (exact) mass is 308 g/mol. The maximum Gasteiger partial charge on any atom is 0.0824 e. The molecule has 1 aromatic carbocycles. The lowest BCUT2D eigenvalue weighted by atomic mass is 10.2. The SMILES string of the molecule is Cl.NCC1CN(Cc2ccn(-c3ccccc3)n2)CCO1. The van der Waals surface area contributed by atoms with E-state index in [4.69, 9.17) is 10.5 Å². The van der Waals surface area contributed by atoms with Gasteiger partial charge in [-0.1, -0.05) is 18.2 Å². The van der Waals surface area contributed by atoms with Gasteiger partial charge in [-0.3, -0.25) is 4.90 Å². The Labute approximate surface area is 131 Å². The normalized spacial score (nSPS) is 19.2. The summed E-state index contributed by atoms with van der Waals surface area (Å²) in [5, 5.41) is 4.63. The first-order valence-corrected chi connectivity index (χ1v) is 6.99. The number of halogens is 1. The maximum absolute atomic E-state index is 5.67. The lowest BCUT2D eigenvalue weighted by Gasteiger charge is -2.31. The van der Waals surface area contributed by atoms with Crippen molar-refractivity contribution in [2.45, 2.75) is 12.6 Å². The Bertz CT molecular complexity index is 546. The van der Waals surface area contributed by atoms with Gasteiger partial charge in [-0.05, 0) is 18.2 Å². The summed E-state index contributed by atoms with van der Waals surface area (Å²) in [5.74, 6) is 0. The molecule has 114 valence electrons. The molecule has 2 heterocycles. The van der Waals surface area contributed by atoms with Crippen LogP contribution in [0.25, 0.3) is 5.69 Å². The van der Waals surface area contributed by atoms with E-state index < -0.39 is 0 Å². The van der Waals surface area contributed by atoms with Crippen LogP contribution in [-0.2, 0) is 11.3 Å². The van der Waals surface area contributed by atoms with Crippen LogP contribution in [0.2, 0.25) is 0 Å². The van der Waals surface area contributed by atoms with E-state index in [1.54, 1.807) is 0 Å². The van der Waals surface area contributed by atoms with Gasteiger partial charge in [-0.15, -0.1) is 12.4 Å². The van der Waals surface area contributed by atoms with E-state index in [1.165, 1.54) is 0 Å². The average Bonchev–Trinajstić information content (AvgIpc) is 2.97. The Hall–Kier alpha value is -1.40. The van der Waals surface area contributed by atoms with Gasteiger partial charge in [0.05, 0.1) is 24.1 Å². The van der Waals surface area contributed by atoms with Crippen LogP contribution in [0.3, 0.4) is 0 Å². The molecule has 2 aromatic rings. The van der Waals surface area contributed by atoms with Gasteiger partial charge < -0.3 is 10.5 Å². The second-order valence-corrected chi connectivity index (χ2v) is 5.05. The standard InChI is InChI=1S/C15H20N4O.ClH/c16-10-15-12-18(8-9-20-15)11-13-6-7-19(17-13)14-4-2-1-3-5-14;/h1-7,15H,8-12,16H2;1H. The predicted octanol–water partition coefficient (Wildman–Crippen LogP) is 1.45. The molecule has 1 aliphatic heterocycles. The zero-order valence-corrected chi connectivity index (χ0v) is 12.7. The van der Waals surface area contributed by atoms with E-state index in [-0.39, 0.29) is 18.5 Å². The smallest absolute Gasteiger partial charge is 0.0824 e. The fourth-order valence-corrected chi connectivity index (χ4v) is 2.47. The largest absolute Gasteiger partial charge is 0.374 e. The molecule has 0 radical (unpaired) electrons. The first-order valence-electron chi connectivity index (χ1n) is 6.99. The van der Waals surface area contributed by atoms with Gasteiger partial charge in [-0.25, -0.2) is 4.68 Å². The number of aromatic nitrogens is 2. The van der Waals surface area contributed by atoms with Crippen LogP contribution in [-0.4, -0.2) is 47.0 Å². The van der Waals surface area contributed by atoms with E-state index in [0.29, 0.717) is 6.54 Å². The highest BCUT2D eigenvalue weighted by molar-refractivity contribution is 5.85. The summed E-state index contributed by atoms with van der Waals surface area (Å²) in [6.07, 6.45) is 2.16. The predicted molar refractivity (Wildman–Crippen MR) is 84.9 cm³/mol. The molecule has 1 fully saturated rings. The third kappa shape index (κ3) is 4.04. The molecular weight excluding hydrogens is 288 g/mol. The highest BCUT2D eigenvalue weighted by Crippen LogP contribution is 2.11. The molecule has 0 spiro atoms. The van der Waals surface area contributed by atoms with Crippen LogP contribution >= 0.6 is 12.4 Å². The molecule has 0 amide bonds. The molecule has 21 heavy (non-hydrogen) atoms. The van der Waals surface area contributed by atoms with Crippen LogP contribution in [0.5, 0.6) is 0 Å². The number of benzene rings is 1. The van der Waals surface area contributed by atoms with Crippen molar-refractivity contribution in [3.63, 3.8) is 0 Å². The molecule has 1 aromatic heterocycles. The van der Waals surface area contributed by atoms with Crippen molar-refractivity contribution in [1.82, 2.24) is 14.7 Å². The lowest BCUT2D eigenvalue weighted by Crippen LogP contribution is -2.45. The third-order valence-electron chi connectivity index (χ3n) is 3.54. The summed E-state index contributed by atoms with van der Waals surface area (Å²) >= 11 is 0. The van der Waals surface area contributed by atoms with Gasteiger partial charge in [0.15, 0.2) is 0 Å². The van der Waals surface area contributed by atoms with Crippen molar-refractivity contribution >= 4 is 12.4 Å². The van der Waals surface area contributed by atoms with Crippen molar-refractivity contribution < 1.29 is 4.74 Å². The summed E-state index contributed by atoms with van der Waals surface area (Å²) < 4.78 is 7.49. The van der Waals surface area contributed by atoms with Crippen molar-refractivity contribution in [3.8, 4) is 5.69 Å². The quantitative estimate of drug-likeness (QED) is 0.929. The highest BCUT2D eigenvalue weighted by atomic mass is 35.5. The highest BCUT2D eigenvalue weighted by Gasteiger charge is 2.19. The molecule has 0 bridgehead atoms. The zero-order chi connectivity index (χ0) is 13.8. The zero-order valence-electron chi connectivity index (χ0n) is 11.9. The van der Waals surface area contributed by atoms with Crippen LogP contribution in [0.1, 0.15) is 5.69 Å². The van der Waals surface area contributed by atoms with Gasteiger partial charge in [0.2, 0.25) is 0 Å². The Morgan fingerprint density at radius 1 is 1.24 bits per heavy atom. The van der Waals surface area contributed by atoms with Gasteiger partial charge in [0, 0.05) is 32.4 Å². The Morgan fingerprint density at radius 2 is 2.05 bits per heavy atom. The molecule has 2 N–H and O–H groups in total. The number of para-hydroxylation sites is 1. The fraction of sp³-hybridized carbons (Fsp3) is 0.400. The summed E-state index contributed by atoms with van der Waals surface area (Å²) in [5.41, 5.74) is 7.83. The van der Waals surface area contributed by atoms with Gasteiger partial charge in [0.25, 0.3) is 0 Å². The van der Waals surface area contributed by atoms with E-state index in [0.717, 1.165) is 37.6 Å². The molecule has 3 rings (SSSR count). The minimum absolute atomic E-state index is 0. The second kappa shape index (κ2) is 7.56. The molecular formula is C15H21ClN4O. The van der Waals surface area contributed by atoms with Gasteiger partial charge in [0.1, 0.15) is 0 Å². The molecule has 5 nitrogen and oxygen atoms in total. The molecule has 1 aliphatic rings. The van der Waals surface area contributed by atoms with Crippen molar-refractivity contribution in [2.75, 3.05) is 26.2 Å². The maximum atomic E-state index is 5.67. The Kier molecular flexibility index (Phi) is 5.76. The first kappa shape index (κ1) is 16.0. The minimum atomic E-state index is 0. The second-order valence-electron chi connectivity index (χ2n) is 5.05. The molecule has 1 unspecified atom stereocenters.